The van der Waals surface area contributed by atoms with Gasteiger partial charge in [-0.1, -0.05) is 18.2 Å². The molecule has 38 heavy (non-hydrogen) atoms. The van der Waals surface area contributed by atoms with Crippen molar-refractivity contribution in [2.24, 2.45) is 0 Å². The lowest BCUT2D eigenvalue weighted by Crippen LogP contribution is -2.33. The highest BCUT2D eigenvalue weighted by Gasteiger charge is 2.41. The van der Waals surface area contributed by atoms with E-state index in [-0.39, 0.29) is 35.8 Å². The molecule has 0 spiro atoms. The molecule has 3 N–H and O–H groups in total. The van der Waals surface area contributed by atoms with Gasteiger partial charge in [-0.2, -0.15) is 0 Å². The Morgan fingerprint density at radius 1 is 1.11 bits per heavy atom. The molecule has 7 nitrogen and oxygen atoms in total. The molecule has 5 rings (SSSR count). The van der Waals surface area contributed by atoms with Crippen LogP contribution in [0.2, 0.25) is 0 Å². The number of aromatic hydroxyl groups is 1. The van der Waals surface area contributed by atoms with Crippen LogP contribution in [0.3, 0.4) is 0 Å². The molecule has 0 aliphatic carbocycles. The van der Waals surface area contributed by atoms with Crippen LogP contribution in [-0.2, 0) is 4.79 Å². The number of pyridine rings is 1. The summed E-state index contributed by atoms with van der Waals surface area (Å²) in [7, 11) is 0. The average Bonchev–Trinajstić information content (AvgIpc) is 3.39. The van der Waals surface area contributed by atoms with E-state index in [0.29, 0.717) is 11.7 Å². The standard InChI is InChI=1S/C29H28FN5O2S/c1-18-17-22(19(2)35(18)20-10-12-21(36)13-11-20)28-27(25-9-5-6-15-31-25)33-29(38)34(28)16-14-26(37)32-24-8-4-3-7-23(24)30/h3-13,15,17,27-28,36H,14,16H2,1-2H3,(H,32,37)(H,33,38)/t27-,28+/m0/s1. The SMILES string of the molecule is Cc1cc([C@@H]2[C@H](c3ccccn3)NC(=S)N2CCC(=O)Nc2ccccc2F)c(C)n1-c1ccc(O)cc1. The number of carbonyl (C=O) groups is 1. The number of nitrogens with zero attached hydrogens (tertiary/aromatic N) is 3. The number of halogens is 1. The number of aryl methyl sites for hydroxylation is 1. The third-order valence-corrected chi connectivity index (χ3v) is 7.17. The van der Waals surface area contributed by atoms with Gasteiger partial charge >= 0.3 is 0 Å². The van der Waals surface area contributed by atoms with Gasteiger partial charge < -0.3 is 25.2 Å². The second-order valence-electron chi connectivity index (χ2n) is 9.28. The quantitative estimate of drug-likeness (QED) is 0.281. The highest BCUT2D eigenvalue weighted by Crippen LogP contribution is 2.41. The summed E-state index contributed by atoms with van der Waals surface area (Å²) < 4.78 is 16.2. The Morgan fingerprint density at radius 3 is 2.55 bits per heavy atom. The van der Waals surface area contributed by atoms with E-state index in [1.807, 2.05) is 42.2 Å². The van der Waals surface area contributed by atoms with E-state index in [9.17, 15) is 14.3 Å². The van der Waals surface area contributed by atoms with E-state index in [1.54, 1.807) is 30.5 Å². The maximum absolute atomic E-state index is 14.0. The zero-order valence-electron chi connectivity index (χ0n) is 21.1. The van der Waals surface area contributed by atoms with E-state index in [2.05, 4.69) is 33.2 Å². The summed E-state index contributed by atoms with van der Waals surface area (Å²) in [5.74, 6) is -0.571. The Kier molecular flexibility index (Phi) is 7.11. The zero-order valence-corrected chi connectivity index (χ0v) is 21.9. The van der Waals surface area contributed by atoms with Gasteiger partial charge in [-0.15, -0.1) is 0 Å². The number of carbonyl (C=O) groups excluding carboxylic acids is 1. The van der Waals surface area contributed by atoms with Crippen LogP contribution < -0.4 is 10.6 Å². The van der Waals surface area contributed by atoms with Crippen LogP contribution in [0.1, 0.15) is 41.1 Å². The van der Waals surface area contributed by atoms with E-state index in [0.717, 1.165) is 28.3 Å². The number of thiocarbonyl (C=S) groups is 1. The molecule has 1 aliphatic heterocycles. The maximum atomic E-state index is 14.0. The zero-order chi connectivity index (χ0) is 26.8. The number of anilines is 1. The summed E-state index contributed by atoms with van der Waals surface area (Å²) in [6.45, 7) is 4.42. The molecule has 0 bridgehead atoms. The Morgan fingerprint density at radius 2 is 1.84 bits per heavy atom. The molecule has 0 radical (unpaired) electrons. The molecule has 9 heteroatoms. The van der Waals surface area contributed by atoms with Crippen molar-refractivity contribution in [1.82, 2.24) is 19.8 Å². The van der Waals surface area contributed by atoms with Gasteiger partial charge in [0.05, 0.1) is 23.5 Å². The molecule has 0 saturated carbocycles. The van der Waals surface area contributed by atoms with Crippen molar-refractivity contribution in [3.8, 4) is 11.4 Å². The third-order valence-electron chi connectivity index (χ3n) is 6.82. The van der Waals surface area contributed by atoms with Crippen molar-refractivity contribution in [1.29, 1.82) is 0 Å². The lowest BCUT2D eigenvalue weighted by Gasteiger charge is -2.28. The van der Waals surface area contributed by atoms with Crippen molar-refractivity contribution in [3.05, 3.63) is 107 Å². The molecular formula is C29H28FN5O2S. The fourth-order valence-electron chi connectivity index (χ4n) is 5.07. The summed E-state index contributed by atoms with van der Waals surface area (Å²) in [5.41, 5.74) is 5.02. The van der Waals surface area contributed by atoms with Crippen LogP contribution in [-0.4, -0.2) is 37.1 Å². The number of benzene rings is 2. The molecular weight excluding hydrogens is 501 g/mol. The van der Waals surface area contributed by atoms with Crippen LogP contribution in [0.4, 0.5) is 10.1 Å². The molecule has 2 aromatic heterocycles. The first-order chi connectivity index (χ1) is 18.3. The summed E-state index contributed by atoms with van der Waals surface area (Å²) >= 11 is 5.75. The van der Waals surface area contributed by atoms with Gasteiger partial charge in [0, 0.05) is 36.2 Å². The van der Waals surface area contributed by atoms with Crippen LogP contribution in [0, 0.1) is 19.7 Å². The predicted octanol–water partition coefficient (Wildman–Crippen LogP) is 5.34. The van der Waals surface area contributed by atoms with E-state index < -0.39 is 5.82 Å². The first-order valence-electron chi connectivity index (χ1n) is 12.3. The minimum absolute atomic E-state index is 0.123. The maximum Gasteiger partial charge on any atom is 0.226 e. The van der Waals surface area contributed by atoms with Crippen LogP contribution >= 0.6 is 12.2 Å². The number of hydrogen-bond acceptors (Lipinski definition) is 4. The number of para-hydroxylation sites is 1. The first-order valence-corrected chi connectivity index (χ1v) is 12.7. The van der Waals surface area contributed by atoms with Crippen LogP contribution in [0.5, 0.6) is 5.75 Å². The second kappa shape index (κ2) is 10.6. The van der Waals surface area contributed by atoms with Gasteiger partial charge in [-0.3, -0.25) is 9.78 Å². The monoisotopic (exact) mass is 529 g/mol. The topological polar surface area (TPSA) is 82.4 Å². The largest absolute Gasteiger partial charge is 0.508 e. The van der Waals surface area contributed by atoms with Gasteiger partial charge in [0.2, 0.25) is 5.91 Å². The minimum Gasteiger partial charge on any atom is -0.508 e. The highest BCUT2D eigenvalue weighted by atomic mass is 32.1. The lowest BCUT2D eigenvalue weighted by molar-refractivity contribution is -0.116. The average molecular weight is 530 g/mol. The number of hydrogen-bond donors (Lipinski definition) is 3. The molecule has 2 aromatic carbocycles. The Bertz CT molecular complexity index is 1470. The minimum atomic E-state index is -0.478. The second-order valence-corrected chi connectivity index (χ2v) is 9.66. The Balaban J connectivity index is 1.47. The summed E-state index contributed by atoms with van der Waals surface area (Å²) in [6, 6.07) is 20.6. The van der Waals surface area contributed by atoms with Gasteiger partial charge in [-0.05, 0) is 86.2 Å². The molecule has 194 valence electrons. The number of rotatable bonds is 7. The lowest BCUT2D eigenvalue weighted by atomic mass is 9.96. The van der Waals surface area contributed by atoms with Crippen LogP contribution in [0.15, 0.2) is 79.0 Å². The molecule has 4 aromatic rings. The van der Waals surface area contributed by atoms with Crippen LogP contribution in [0.25, 0.3) is 5.69 Å². The van der Waals surface area contributed by atoms with Gasteiger partial charge in [0.15, 0.2) is 5.11 Å². The summed E-state index contributed by atoms with van der Waals surface area (Å²) in [6.07, 6.45) is 1.87. The number of phenolic OH excluding ortho intramolecular Hbond substituents is 1. The molecule has 2 atom stereocenters. The fourth-order valence-corrected chi connectivity index (χ4v) is 5.40. The smallest absolute Gasteiger partial charge is 0.226 e. The Labute approximate surface area is 225 Å². The number of nitrogens with one attached hydrogen (secondary N) is 2. The number of phenols is 1. The van der Waals surface area contributed by atoms with Crippen molar-refractivity contribution in [2.45, 2.75) is 32.4 Å². The van der Waals surface area contributed by atoms with Crippen molar-refractivity contribution < 1.29 is 14.3 Å². The van der Waals surface area contributed by atoms with Crippen molar-refractivity contribution in [3.63, 3.8) is 0 Å². The summed E-state index contributed by atoms with van der Waals surface area (Å²) in [4.78, 5) is 19.4. The molecule has 1 saturated heterocycles. The molecule has 3 heterocycles. The number of aromatic nitrogens is 2. The summed E-state index contributed by atoms with van der Waals surface area (Å²) in [5, 5.41) is 16.4. The predicted molar refractivity (Wildman–Crippen MR) is 149 cm³/mol. The fraction of sp³-hybridized carbons (Fsp3) is 0.207. The molecule has 0 unspecified atom stereocenters. The Hall–Kier alpha value is -4.24. The van der Waals surface area contributed by atoms with Gasteiger partial charge in [0.25, 0.3) is 0 Å². The first kappa shape index (κ1) is 25.4. The molecule has 1 amide bonds. The highest BCUT2D eigenvalue weighted by molar-refractivity contribution is 7.80. The molecule has 1 aliphatic rings. The molecule has 1 fully saturated rings. The van der Waals surface area contributed by atoms with E-state index >= 15 is 0 Å². The normalized spacial score (nSPS) is 16.9. The third kappa shape index (κ3) is 4.97. The number of amides is 1. The van der Waals surface area contributed by atoms with E-state index in [1.165, 1.54) is 12.1 Å². The van der Waals surface area contributed by atoms with Crippen molar-refractivity contribution in [2.75, 3.05) is 11.9 Å². The van der Waals surface area contributed by atoms with E-state index in [4.69, 9.17) is 12.2 Å². The van der Waals surface area contributed by atoms with Gasteiger partial charge in [0.1, 0.15) is 11.6 Å². The van der Waals surface area contributed by atoms with Crippen molar-refractivity contribution >= 4 is 28.9 Å². The van der Waals surface area contributed by atoms with Gasteiger partial charge in [-0.25, -0.2) is 4.39 Å².